The number of hydrogen-bond acceptors (Lipinski definition) is 6. The maximum absolute atomic E-state index is 12.2. The largest absolute Gasteiger partial charge is 0.444 e. The highest BCUT2D eigenvalue weighted by Crippen LogP contribution is 2.39. The van der Waals surface area contributed by atoms with Crippen LogP contribution in [0.1, 0.15) is 44.4 Å². The number of thiazole rings is 1. The number of aromatic nitrogens is 1. The van der Waals surface area contributed by atoms with Crippen LogP contribution in [0, 0.1) is 0 Å². The highest BCUT2D eigenvalue weighted by Gasteiger charge is 2.39. The Morgan fingerprint density at radius 1 is 1.41 bits per heavy atom. The number of morpholine rings is 1. The molecule has 3 atom stereocenters. The third kappa shape index (κ3) is 3.52. The number of nitrogens with zero attached hydrogens (tertiary/aromatic N) is 2. The average molecular weight is 325 g/mol. The summed E-state index contributed by atoms with van der Waals surface area (Å²) in [6.07, 6.45) is 3.56. The highest BCUT2D eigenvalue weighted by molar-refractivity contribution is 7.15. The fourth-order valence-corrected chi connectivity index (χ4v) is 3.92. The van der Waals surface area contributed by atoms with Gasteiger partial charge in [-0.05, 0) is 39.5 Å². The lowest BCUT2D eigenvalue weighted by molar-refractivity contribution is -0.118. The summed E-state index contributed by atoms with van der Waals surface area (Å²) in [4.78, 5) is 19.4. The zero-order chi connectivity index (χ0) is 15.9. The van der Waals surface area contributed by atoms with E-state index in [-0.39, 0.29) is 18.3 Å². The van der Waals surface area contributed by atoms with E-state index in [9.17, 15) is 4.79 Å². The Hall–Kier alpha value is -1.34. The molecule has 2 N–H and O–H groups in total. The van der Waals surface area contributed by atoms with E-state index in [0.29, 0.717) is 24.1 Å². The van der Waals surface area contributed by atoms with E-state index in [2.05, 4.69) is 4.98 Å². The van der Waals surface area contributed by atoms with Gasteiger partial charge in [0.25, 0.3) is 0 Å². The monoisotopic (exact) mass is 325 g/mol. The average Bonchev–Trinajstić information content (AvgIpc) is 2.82. The molecule has 2 fully saturated rings. The van der Waals surface area contributed by atoms with Gasteiger partial charge in [-0.25, -0.2) is 9.78 Å². The van der Waals surface area contributed by atoms with Gasteiger partial charge in [0.15, 0.2) is 5.13 Å². The van der Waals surface area contributed by atoms with Crippen molar-refractivity contribution in [3.8, 4) is 0 Å². The van der Waals surface area contributed by atoms with Crippen molar-refractivity contribution in [3.05, 3.63) is 11.1 Å². The van der Waals surface area contributed by atoms with Gasteiger partial charge < -0.3 is 20.1 Å². The zero-order valence-corrected chi connectivity index (χ0v) is 14.1. The zero-order valence-electron chi connectivity index (χ0n) is 13.2. The molecule has 2 aliphatic rings. The van der Waals surface area contributed by atoms with Crippen LogP contribution < -0.4 is 5.73 Å². The fourth-order valence-electron chi connectivity index (χ4n) is 3.11. The number of hydrogen-bond donors (Lipinski definition) is 1. The van der Waals surface area contributed by atoms with Crippen LogP contribution in [-0.2, 0) is 9.47 Å². The molecular formula is C15H23N3O3S. The normalized spacial score (nSPS) is 28.5. The number of nitrogens with two attached hydrogens (primary N) is 1. The molecule has 22 heavy (non-hydrogen) atoms. The number of fused-ring (bicyclic) bond motifs is 2. The maximum Gasteiger partial charge on any atom is 0.410 e. The summed E-state index contributed by atoms with van der Waals surface area (Å²) in [5.41, 5.74) is 5.26. The van der Waals surface area contributed by atoms with Crippen molar-refractivity contribution in [2.75, 3.05) is 18.8 Å². The van der Waals surface area contributed by atoms with Gasteiger partial charge in [-0.2, -0.15) is 0 Å². The first-order valence-corrected chi connectivity index (χ1v) is 8.46. The van der Waals surface area contributed by atoms with Crippen LogP contribution in [0.3, 0.4) is 0 Å². The number of carbonyl (C=O) groups is 1. The predicted molar refractivity (Wildman–Crippen MR) is 85.0 cm³/mol. The minimum atomic E-state index is -0.465. The molecule has 1 aromatic rings. The van der Waals surface area contributed by atoms with Gasteiger partial charge >= 0.3 is 6.09 Å². The van der Waals surface area contributed by atoms with Crippen LogP contribution in [0.25, 0.3) is 0 Å². The van der Waals surface area contributed by atoms with Gasteiger partial charge in [0.2, 0.25) is 0 Å². The van der Waals surface area contributed by atoms with E-state index in [1.165, 1.54) is 4.88 Å². The Labute approximate surface area is 134 Å². The number of anilines is 1. The molecule has 0 spiro atoms. The standard InChI is InChI=1S/C15H23N3O3S/c1-15(2,3)21-14(19)18-7-10-4-9(5-11(8-18)20-10)12-6-17-13(16)22-12/h6,9-11H,4-5,7-8H2,1-3H3,(H2,16,17)/t9-,10+,11-. The molecule has 1 amide bonds. The number of ether oxygens (including phenoxy) is 2. The Morgan fingerprint density at radius 2 is 2.05 bits per heavy atom. The summed E-state index contributed by atoms with van der Waals surface area (Å²) in [6.45, 7) is 6.84. The first-order valence-electron chi connectivity index (χ1n) is 7.65. The van der Waals surface area contributed by atoms with Gasteiger partial charge in [-0.15, -0.1) is 11.3 Å². The van der Waals surface area contributed by atoms with Crippen molar-refractivity contribution in [1.29, 1.82) is 0 Å². The van der Waals surface area contributed by atoms with Gasteiger partial charge in [0.05, 0.1) is 25.3 Å². The molecule has 0 radical (unpaired) electrons. The molecular weight excluding hydrogens is 302 g/mol. The van der Waals surface area contributed by atoms with Crippen LogP contribution in [0.15, 0.2) is 6.20 Å². The van der Waals surface area contributed by atoms with Crippen molar-refractivity contribution in [1.82, 2.24) is 9.88 Å². The molecule has 6 nitrogen and oxygen atoms in total. The Morgan fingerprint density at radius 3 is 2.55 bits per heavy atom. The van der Waals surface area contributed by atoms with E-state index in [0.717, 1.165) is 12.8 Å². The summed E-state index contributed by atoms with van der Waals surface area (Å²) >= 11 is 1.55. The summed E-state index contributed by atoms with van der Waals surface area (Å²) in [6, 6.07) is 0. The van der Waals surface area contributed by atoms with Crippen LogP contribution in [0.2, 0.25) is 0 Å². The van der Waals surface area contributed by atoms with Crippen molar-refractivity contribution < 1.29 is 14.3 Å². The van der Waals surface area contributed by atoms with Crippen LogP contribution in [-0.4, -0.2) is 46.9 Å². The second-order valence-electron chi connectivity index (χ2n) is 7.03. The number of carbonyl (C=O) groups excluding carboxylic acids is 1. The molecule has 0 unspecified atom stereocenters. The van der Waals surface area contributed by atoms with Crippen molar-refractivity contribution in [2.24, 2.45) is 0 Å². The molecule has 0 saturated carbocycles. The lowest BCUT2D eigenvalue weighted by Gasteiger charge is -2.44. The number of nitrogen functional groups attached to an aromatic ring is 1. The van der Waals surface area contributed by atoms with E-state index in [1.54, 1.807) is 16.2 Å². The molecule has 1 aromatic heterocycles. The first-order chi connectivity index (χ1) is 10.3. The lowest BCUT2D eigenvalue weighted by atomic mass is 9.88. The number of likely N-dealkylation sites (tertiary alicyclic amines) is 1. The Balaban J connectivity index is 1.63. The topological polar surface area (TPSA) is 77.7 Å². The van der Waals surface area contributed by atoms with Crippen molar-refractivity contribution in [2.45, 2.75) is 57.3 Å². The fraction of sp³-hybridized carbons (Fsp3) is 0.733. The SMILES string of the molecule is CC(C)(C)OC(=O)N1C[C@H]2C[C@H](c3cnc(N)s3)C[C@@H](C1)O2. The van der Waals surface area contributed by atoms with E-state index < -0.39 is 5.60 Å². The molecule has 2 aliphatic heterocycles. The van der Waals surface area contributed by atoms with Crippen LogP contribution >= 0.6 is 11.3 Å². The molecule has 0 aliphatic carbocycles. The number of rotatable bonds is 1. The van der Waals surface area contributed by atoms with Crippen molar-refractivity contribution >= 4 is 22.6 Å². The minimum Gasteiger partial charge on any atom is -0.444 e. The molecule has 3 rings (SSSR count). The molecule has 3 heterocycles. The molecule has 7 heteroatoms. The molecule has 0 aromatic carbocycles. The first kappa shape index (κ1) is 15.6. The van der Waals surface area contributed by atoms with Crippen LogP contribution in [0.5, 0.6) is 0 Å². The van der Waals surface area contributed by atoms with E-state index in [1.807, 2.05) is 27.0 Å². The molecule has 122 valence electrons. The number of amides is 1. The van der Waals surface area contributed by atoms with Gasteiger partial charge in [-0.3, -0.25) is 0 Å². The quantitative estimate of drug-likeness (QED) is 0.859. The third-order valence-electron chi connectivity index (χ3n) is 3.92. The second-order valence-corrected chi connectivity index (χ2v) is 8.13. The highest BCUT2D eigenvalue weighted by atomic mass is 32.1. The van der Waals surface area contributed by atoms with E-state index >= 15 is 0 Å². The Kier molecular flexibility index (Phi) is 4.03. The molecule has 2 bridgehead atoms. The smallest absolute Gasteiger partial charge is 0.410 e. The summed E-state index contributed by atoms with van der Waals surface area (Å²) in [5.74, 6) is 0.430. The molecule has 2 saturated heterocycles. The maximum atomic E-state index is 12.2. The summed E-state index contributed by atoms with van der Waals surface area (Å²) in [5, 5.41) is 0.613. The third-order valence-corrected chi connectivity index (χ3v) is 4.91. The predicted octanol–water partition coefficient (Wildman–Crippen LogP) is 2.61. The summed E-state index contributed by atoms with van der Waals surface area (Å²) in [7, 11) is 0. The van der Waals surface area contributed by atoms with Gasteiger partial charge in [0, 0.05) is 11.1 Å². The Bertz CT molecular complexity index is 540. The van der Waals surface area contributed by atoms with Crippen molar-refractivity contribution in [3.63, 3.8) is 0 Å². The van der Waals surface area contributed by atoms with Gasteiger partial charge in [0.1, 0.15) is 5.60 Å². The summed E-state index contributed by atoms with van der Waals surface area (Å²) < 4.78 is 11.5. The van der Waals surface area contributed by atoms with Crippen LogP contribution in [0.4, 0.5) is 9.93 Å². The minimum absolute atomic E-state index is 0.0633. The van der Waals surface area contributed by atoms with E-state index in [4.69, 9.17) is 15.2 Å². The lowest BCUT2D eigenvalue weighted by Crippen LogP contribution is -2.54. The van der Waals surface area contributed by atoms with Gasteiger partial charge in [-0.1, -0.05) is 0 Å². The second kappa shape index (κ2) is 5.70.